The number of hydrogen-bond acceptors (Lipinski definition) is 5. The molecule has 0 atom stereocenters. The first-order valence-corrected chi connectivity index (χ1v) is 9.57. The maximum atomic E-state index is 12.4. The van der Waals surface area contributed by atoms with Crippen LogP contribution in [0.3, 0.4) is 0 Å². The number of halogens is 1. The van der Waals surface area contributed by atoms with E-state index in [0.29, 0.717) is 27.2 Å². The molecule has 0 saturated heterocycles. The fourth-order valence-electron chi connectivity index (χ4n) is 2.62. The summed E-state index contributed by atoms with van der Waals surface area (Å²) in [7, 11) is 1.76. The van der Waals surface area contributed by atoms with Crippen LogP contribution in [0.4, 0.5) is 5.69 Å². The maximum Gasteiger partial charge on any atom is 0.293 e. The summed E-state index contributed by atoms with van der Waals surface area (Å²) >= 11 is 3.37. The number of carbonyl (C=O) groups excluding carboxylic acids is 2. The number of rotatable bonds is 5. The first-order chi connectivity index (χ1) is 13.8. The average molecular weight is 458 g/mol. The van der Waals surface area contributed by atoms with Crippen LogP contribution in [0.15, 0.2) is 50.6 Å². The third kappa shape index (κ3) is 4.45. The van der Waals surface area contributed by atoms with Crippen molar-refractivity contribution in [3.05, 3.63) is 69.3 Å². The summed E-state index contributed by atoms with van der Waals surface area (Å²) in [4.78, 5) is 24.7. The Morgan fingerprint density at radius 1 is 1.21 bits per heavy atom. The Bertz CT molecular complexity index is 1110. The van der Waals surface area contributed by atoms with E-state index in [1.165, 1.54) is 6.26 Å². The summed E-state index contributed by atoms with van der Waals surface area (Å²) in [5.41, 5.74) is 6.03. The Morgan fingerprint density at radius 3 is 2.59 bits per heavy atom. The van der Waals surface area contributed by atoms with Gasteiger partial charge in [0.1, 0.15) is 5.76 Å². The van der Waals surface area contributed by atoms with Gasteiger partial charge >= 0.3 is 0 Å². The van der Waals surface area contributed by atoms with Gasteiger partial charge in [0.05, 0.1) is 27.7 Å². The molecule has 0 aliphatic carbocycles. The Labute approximate surface area is 176 Å². The summed E-state index contributed by atoms with van der Waals surface area (Å²) in [5, 5.41) is 11.2. The highest BCUT2D eigenvalue weighted by atomic mass is 79.9. The lowest BCUT2D eigenvalue weighted by Gasteiger charge is -2.07. The fraction of sp³-hybridized carbons (Fsp3) is 0.200. The smallest absolute Gasteiger partial charge is 0.293 e. The molecule has 150 valence electrons. The van der Waals surface area contributed by atoms with Crippen LogP contribution in [0.25, 0.3) is 0 Å². The molecular weight excluding hydrogens is 438 g/mol. The average Bonchev–Trinajstić information content (AvgIpc) is 3.24. The molecule has 0 spiro atoms. The maximum absolute atomic E-state index is 12.4. The molecule has 1 aromatic carbocycles. The standard InChI is InChI=1S/C20H20BrN5O3/c1-11(23-24-20(28)18-17(21)12(2)26(4)25-18)14-6-5-7-15(10-14)22-19(27)16-8-9-29-13(16)3/h5-10H,1-4H3,(H,22,27)(H,24,28)/b23-11-. The lowest BCUT2D eigenvalue weighted by molar-refractivity contribution is 0.0947. The predicted octanol–water partition coefficient (Wildman–Crippen LogP) is 3.80. The van der Waals surface area contributed by atoms with Crippen molar-refractivity contribution in [2.24, 2.45) is 12.1 Å². The van der Waals surface area contributed by atoms with Gasteiger partial charge in [-0.3, -0.25) is 14.3 Å². The van der Waals surface area contributed by atoms with Crippen LogP contribution in [0, 0.1) is 13.8 Å². The number of anilines is 1. The number of hydrazone groups is 1. The van der Waals surface area contributed by atoms with Crippen LogP contribution in [0.5, 0.6) is 0 Å². The molecule has 0 radical (unpaired) electrons. The zero-order valence-electron chi connectivity index (χ0n) is 16.4. The van der Waals surface area contributed by atoms with Crippen molar-refractivity contribution in [1.82, 2.24) is 15.2 Å². The number of benzene rings is 1. The summed E-state index contributed by atoms with van der Waals surface area (Å²) in [6.07, 6.45) is 1.47. The van der Waals surface area contributed by atoms with Crippen LogP contribution in [0.2, 0.25) is 0 Å². The summed E-state index contributed by atoms with van der Waals surface area (Å²) in [6, 6.07) is 8.81. The van der Waals surface area contributed by atoms with Gasteiger partial charge in [0.15, 0.2) is 5.69 Å². The number of nitrogens with one attached hydrogen (secondary N) is 2. The van der Waals surface area contributed by atoms with Gasteiger partial charge in [-0.05, 0) is 60.5 Å². The van der Waals surface area contributed by atoms with Crippen molar-refractivity contribution in [2.45, 2.75) is 20.8 Å². The highest BCUT2D eigenvalue weighted by Gasteiger charge is 2.17. The molecule has 0 aliphatic heterocycles. The Kier molecular flexibility index (Phi) is 5.97. The van der Waals surface area contributed by atoms with Crippen molar-refractivity contribution in [3.8, 4) is 0 Å². The third-order valence-corrected chi connectivity index (χ3v) is 5.39. The van der Waals surface area contributed by atoms with Crippen LogP contribution in [-0.2, 0) is 7.05 Å². The fourth-order valence-corrected chi connectivity index (χ4v) is 3.14. The molecule has 2 amide bonds. The Hall–Kier alpha value is -3.20. The number of hydrogen-bond donors (Lipinski definition) is 2. The van der Waals surface area contributed by atoms with Gasteiger partial charge in [-0.1, -0.05) is 12.1 Å². The van der Waals surface area contributed by atoms with Crippen LogP contribution in [-0.4, -0.2) is 27.3 Å². The Morgan fingerprint density at radius 2 is 1.97 bits per heavy atom. The van der Waals surface area contributed by atoms with E-state index in [2.05, 4.69) is 36.9 Å². The van der Waals surface area contributed by atoms with E-state index in [-0.39, 0.29) is 11.6 Å². The molecular formula is C20H20BrN5O3. The molecule has 9 heteroatoms. The van der Waals surface area contributed by atoms with Gasteiger partial charge < -0.3 is 9.73 Å². The molecule has 2 N–H and O–H groups in total. The first kappa shape index (κ1) is 20.5. The molecule has 8 nitrogen and oxygen atoms in total. The zero-order valence-corrected chi connectivity index (χ0v) is 18.0. The molecule has 0 fully saturated rings. The van der Waals surface area contributed by atoms with Gasteiger partial charge in [0, 0.05) is 12.7 Å². The molecule has 0 unspecified atom stereocenters. The molecule has 2 aromatic heterocycles. The molecule has 2 heterocycles. The van der Waals surface area contributed by atoms with Crippen molar-refractivity contribution in [1.29, 1.82) is 0 Å². The van der Waals surface area contributed by atoms with E-state index >= 15 is 0 Å². The topological polar surface area (TPSA) is 102 Å². The summed E-state index contributed by atoms with van der Waals surface area (Å²) in [6.45, 7) is 5.35. The van der Waals surface area contributed by atoms with Crippen LogP contribution >= 0.6 is 15.9 Å². The van der Waals surface area contributed by atoms with Crippen LogP contribution in [0.1, 0.15) is 44.8 Å². The number of furan rings is 1. The van der Waals surface area contributed by atoms with E-state index in [1.54, 1.807) is 49.8 Å². The SMILES string of the molecule is C/C(=N/NC(=O)c1nn(C)c(C)c1Br)c1cccc(NC(=O)c2ccoc2C)c1. The highest BCUT2D eigenvalue weighted by Crippen LogP contribution is 2.20. The van der Waals surface area contributed by atoms with E-state index in [0.717, 1.165) is 11.3 Å². The monoisotopic (exact) mass is 457 g/mol. The molecule has 0 saturated carbocycles. The lowest BCUT2D eigenvalue weighted by Crippen LogP contribution is -2.20. The zero-order chi connectivity index (χ0) is 21.1. The van der Waals surface area contributed by atoms with Crippen LogP contribution < -0.4 is 10.7 Å². The van der Waals surface area contributed by atoms with Crippen molar-refractivity contribution < 1.29 is 14.0 Å². The number of amides is 2. The van der Waals surface area contributed by atoms with Gasteiger partial charge in [0.25, 0.3) is 11.8 Å². The summed E-state index contributed by atoms with van der Waals surface area (Å²) < 4.78 is 7.41. The van der Waals surface area contributed by atoms with Crippen molar-refractivity contribution in [2.75, 3.05) is 5.32 Å². The molecule has 3 aromatic rings. The number of nitrogens with zero attached hydrogens (tertiary/aromatic N) is 3. The van der Waals surface area contributed by atoms with E-state index in [4.69, 9.17) is 4.42 Å². The predicted molar refractivity (Wildman–Crippen MR) is 113 cm³/mol. The second-order valence-electron chi connectivity index (χ2n) is 6.44. The van der Waals surface area contributed by atoms with Gasteiger partial charge in [0.2, 0.25) is 0 Å². The Balaban J connectivity index is 1.72. The van der Waals surface area contributed by atoms with E-state index in [1.807, 2.05) is 13.0 Å². The number of carbonyl (C=O) groups is 2. The van der Waals surface area contributed by atoms with Crippen molar-refractivity contribution >= 4 is 39.1 Å². The second-order valence-corrected chi connectivity index (χ2v) is 7.23. The van der Waals surface area contributed by atoms with Gasteiger partial charge in [-0.15, -0.1) is 0 Å². The normalized spacial score (nSPS) is 11.4. The quantitative estimate of drug-likeness (QED) is 0.449. The van der Waals surface area contributed by atoms with E-state index in [9.17, 15) is 9.59 Å². The van der Waals surface area contributed by atoms with Gasteiger partial charge in [-0.25, -0.2) is 5.43 Å². The van der Waals surface area contributed by atoms with E-state index < -0.39 is 5.91 Å². The molecule has 0 aliphatic rings. The minimum atomic E-state index is -0.417. The minimum absolute atomic E-state index is 0.258. The third-order valence-electron chi connectivity index (χ3n) is 4.44. The van der Waals surface area contributed by atoms with Crippen molar-refractivity contribution in [3.63, 3.8) is 0 Å². The first-order valence-electron chi connectivity index (χ1n) is 8.77. The lowest BCUT2D eigenvalue weighted by atomic mass is 10.1. The largest absolute Gasteiger partial charge is 0.469 e. The molecule has 0 bridgehead atoms. The second kappa shape index (κ2) is 8.44. The summed E-state index contributed by atoms with van der Waals surface area (Å²) in [5.74, 6) is -0.124. The number of aromatic nitrogens is 2. The minimum Gasteiger partial charge on any atom is -0.469 e. The highest BCUT2D eigenvalue weighted by molar-refractivity contribution is 9.10. The molecule has 29 heavy (non-hydrogen) atoms. The number of aryl methyl sites for hydroxylation is 2. The molecule has 3 rings (SSSR count). The van der Waals surface area contributed by atoms with Gasteiger partial charge in [-0.2, -0.15) is 10.2 Å².